The maximum absolute atomic E-state index is 12.5. The molecular formula is C14H16F3N3. The van der Waals surface area contributed by atoms with Crippen LogP contribution in [-0.2, 0) is 6.54 Å². The van der Waals surface area contributed by atoms with E-state index in [-0.39, 0.29) is 0 Å². The number of rotatable bonds is 3. The van der Waals surface area contributed by atoms with Crippen molar-refractivity contribution in [3.63, 3.8) is 0 Å². The molecule has 108 valence electrons. The molecule has 1 fully saturated rings. The second-order valence-corrected chi connectivity index (χ2v) is 5.13. The van der Waals surface area contributed by atoms with E-state index in [9.17, 15) is 13.2 Å². The van der Waals surface area contributed by atoms with Gasteiger partial charge in [-0.1, -0.05) is 6.07 Å². The molecule has 1 aliphatic heterocycles. The lowest BCUT2D eigenvalue weighted by atomic mass is 10.2. The molecule has 2 heterocycles. The number of benzene rings is 1. The Labute approximate surface area is 114 Å². The Morgan fingerprint density at radius 3 is 2.85 bits per heavy atom. The molecule has 1 aliphatic rings. The zero-order chi connectivity index (χ0) is 14.2. The third-order valence-corrected chi connectivity index (χ3v) is 3.58. The fourth-order valence-electron chi connectivity index (χ4n) is 2.68. The first-order valence-corrected chi connectivity index (χ1v) is 6.65. The molecule has 0 amide bonds. The van der Waals surface area contributed by atoms with E-state index in [1.54, 1.807) is 18.2 Å². The first-order chi connectivity index (χ1) is 9.53. The Morgan fingerprint density at radius 2 is 2.15 bits per heavy atom. The van der Waals surface area contributed by atoms with E-state index in [1.807, 2.05) is 6.07 Å². The van der Waals surface area contributed by atoms with E-state index in [2.05, 4.69) is 10.6 Å². The Balaban J connectivity index is 1.90. The molecule has 6 heteroatoms. The van der Waals surface area contributed by atoms with E-state index >= 15 is 0 Å². The molecule has 0 aliphatic carbocycles. The number of alkyl halides is 3. The summed E-state index contributed by atoms with van der Waals surface area (Å²) in [6.07, 6.45) is -1.68. The number of nitrogens with one attached hydrogen (secondary N) is 2. The Hall–Kier alpha value is -1.69. The fraction of sp³-hybridized carbons (Fsp3) is 0.429. The van der Waals surface area contributed by atoms with Gasteiger partial charge in [0, 0.05) is 29.9 Å². The van der Waals surface area contributed by atoms with Crippen molar-refractivity contribution in [1.82, 2.24) is 9.88 Å². The highest BCUT2D eigenvalue weighted by Gasteiger charge is 2.28. The highest BCUT2D eigenvalue weighted by Crippen LogP contribution is 2.28. The first kappa shape index (κ1) is 13.3. The topological polar surface area (TPSA) is 29.0 Å². The predicted octanol–water partition coefficient (Wildman–Crippen LogP) is 2.98. The van der Waals surface area contributed by atoms with Crippen LogP contribution >= 0.6 is 0 Å². The van der Waals surface area contributed by atoms with Crippen molar-refractivity contribution in [2.75, 3.05) is 18.4 Å². The molecule has 2 N–H and O–H groups in total. The van der Waals surface area contributed by atoms with Crippen LogP contribution in [0.1, 0.15) is 6.42 Å². The van der Waals surface area contributed by atoms with Gasteiger partial charge in [-0.2, -0.15) is 13.2 Å². The maximum atomic E-state index is 12.5. The van der Waals surface area contributed by atoms with Crippen LogP contribution in [0.5, 0.6) is 0 Å². The Kier molecular flexibility index (Phi) is 3.33. The molecule has 0 radical (unpaired) electrons. The van der Waals surface area contributed by atoms with Crippen LogP contribution < -0.4 is 10.6 Å². The van der Waals surface area contributed by atoms with Crippen LogP contribution in [-0.4, -0.2) is 29.9 Å². The van der Waals surface area contributed by atoms with Gasteiger partial charge in [0.15, 0.2) is 0 Å². The van der Waals surface area contributed by atoms with Gasteiger partial charge in [-0.15, -0.1) is 0 Å². The third-order valence-electron chi connectivity index (χ3n) is 3.58. The summed E-state index contributed by atoms with van der Waals surface area (Å²) >= 11 is 0. The van der Waals surface area contributed by atoms with Gasteiger partial charge in [-0.3, -0.25) is 0 Å². The summed E-state index contributed by atoms with van der Waals surface area (Å²) in [7, 11) is 0. The second kappa shape index (κ2) is 5.01. The average molecular weight is 283 g/mol. The van der Waals surface area contributed by atoms with Crippen molar-refractivity contribution < 1.29 is 13.2 Å². The highest BCUT2D eigenvalue weighted by molar-refractivity contribution is 5.92. The van der Waals surface area contributed by atoms with Crippen LogP contribution in [0.4, 0.5) is 18.9 Å². The minimum atomic E-state index is -4.20. The SMILES string of the molecule is FC(F)(F)Cn1ccc2c(NC3CCNC3)cccc21. The zero-order valence-electron chi connectivity index (χ0n) is 10.9. The second-order valence-electron chi connectivity index (χ2n) is 5.13. The van der Waals surface area contributed by atoms with Crippen molar-refractivity contribution in [3.05, 3.63) is 30.5 Å². The molecular weight excluding hydrogens is 267 g/mol. The first-order valence-electron chi connectivity index (χ1n) is 6.65. The summed E-state index contributed by atoms with van der Waals surface area (Å²) in [5.74, 6) is 0. The summed E-state index contributed by atoms with van der Waals surface area (Å²) in [6.45, 7) is 0.910. The van der Waals surface area contributed by atoms with Crippen LogP contribution in [0.15, 0.2) is 30.5 Å². The van der Waals surface area contributed by atoms with Crippen LogP contribution in [0.25, 0.3) is 10.9 Å². The van der Waals surface area contributed by atoms with E-state index in [0.717, 1.165) is 30.6 Å². The predicted molar refractivity (Wildman–Crippen MR) is 72.9 cm³/mol. The number of hydrogen-bond acceptors (Lipinski definition) is 2. The lowest BCUT2D eigenvalue weighted by Crippen LogP contribution is -2.22. The molecule has 0 saturated carbocycles. The van der Waals surface area contributed by atoms with Gasteiger partial charge in [0.25, 0.3) is 0 Å². The van der Waals surface area contributed by atoms with Crippen molar-refractivity contribution in [2.45, 2.75) is 25.2 Å². The molecule has 1 aromatic carbocycles. The maximum Gasteiger partial charge on any atom is 0.406 e. The highest BCUT2D eigenvalue weighted by atomic mass is 19.4. The van der Waals surface area contributed by atoms with Gasteiger partial charge in [0.05, 0.1) is 5.52 Å². The van der Waals surface area contributed by atoms with E-state index < -0.39 is 12.7 Å². The summed E-state index contributed by atoms with van der Waals surface area (Å²) in [5.41, 5.74) is 1.51. The van der Waals surface area contributed by atoms with Gasteiger partial charge >= 0.3 is 6.18 Å². The van der Waals surface area contributed by atoms with Crippen LogP contribution in [0, 0.1) is 0 Å². The van der Waals surface area contributed by atoms with Crippen LogP contribution in [0.3, 0.4) is 0 Å². The van der Waals surface area contributed by atoms with E-state index in [0.29, 0.717) is 11.6 Å². The largest absolute Gasteiger partial charge is 0.406 e. The minimum Gasteiger partial charge on any atom is -0.380 e. The Bertz CT molecular complexity index is 597. The smallest absolute Gasteiger partial charge is 0.380 e. The third kappa shape index (κ3) is 2.75. The minimum absolute atomic E-state index is 0.339. The lowest BCUT2D eigenvalue weighted by Gasteiger charge is -2.14. The van der Waals surface area contributed by atoms with Gasteiger partial charge in [0.2, 0.25) is 0 Å². The van der Waals surface area contributed by atoms with Crippen molar-refractivity contribution in [2.24, 2.45) is 0 Å². The summed E-state index contributed by atoms with van der Waals surface area (Å²) in [4.78, 5) is 0. The molecule has 1 atom stereocenters. The van der Waals surface area contributed by atoms with Crippen molar-refractivity contribution in [3.8, 4) is 0 Å². The zero-order valence-corrected chi connectivity index (χ0v) is 10.9. The number of aromatic nitrogens is 1. The molecule has 0 spiro atoms. The molecule has 2 aromatic rings. The monoisotopic (exact) mass is 283 g/mol. The molecule has 3 nitrogen and oxygen atoms in total. The number of hydrogen-bond donors (Lipinski definition) is 2. The number of halogens is 3. The molecule has 1 saturated heterocycles. The van der Waals surface area contributed by atoms with Gasteiger partial charge in [-0.05, 0) is 31.2 Å². The van der Waals surface area contributed by atoms with Gasteiger partial charge in [-0.25, -0.2) is 0 Å². The van der Waals surface area contributed by atoms with Gasteiger partial charge < -0.3 is 15.2 Å². The van der Waals surface area contributed by atoms with Crippen molar-refractivity contribution in [1.29, 1.82) is 0 Å². The lowest BCUT2D eigenvalue weighted by molar-refractivity contribution is -0.139. The van der Waals surface area contributed by atoms with E-state index in [4.69, 9.17) is 0 Å². The molecule has 20 heavy (non-hydrogen) atoms. The fourth-order valence-corrected chi connectivity index (χ4v) is 2.68. The summed E-state index contributed by atoms with van der Waals surface area (Å²) in [6, 6.07) is 7.51. The molecule has 0 bridgehead atoms. The average Bonchev–Trinajstić information content (AvgIpc) is 2.99. The van der Waals surface area contributed by atoms with Crippen molar-refractivity contribution >= 4 is 16.6 Å². The van der Waals surface area contributed by atoms with Crippen LogP contribution in [0.2, 0.25) is 0 Å². The number of fused-ring (bicyclic) bond motifs is 1. The quantitative estimate of drug-likeness (QED) is 0.906. The summed E-state index contributed by atoms with van der Waals surface area (Å²) in [5, 5.41) is 7.50. The number of nitrogens with zero attached hydrogens (tertiary/aromatic N) is 1. The normalized spacial score (nSPS) is 19.6. The van der Waals surface area contributed by atoms with Gasteiger partial charge in [0.1, 0.15) is 6.54 Å². The molecule has 1 aromatic heterocycles. The Morgan fingerprint density at radius 1 is 1.30 bits per heavy atom. The van der Waals surface area contributed by atoms with E-state index in [1.165, 1.54) is 10.8 Å². The summed E-state index contributed by atoms with van der Waals surface area (Å²) < 4.78 is 38.8. The number of anilines is 1. The molecule has 1 unspecified atom stereocenters. The molecule has 3 rings (SSSR count). The standard InChI is InChI=1S/C14H16F3N3/c15-14(16,17)9-20-7-5-11-12(2-1-3-13(11)20)19-10-4-6-18-8-10/h1-3,5,7,10,18-19H,4,6,8-9H2.